The summed E-state index contributed by atoms with van der Waals surface area (Å²) in [5.41, 5.74) is 0. The maximum Gasteiger partial charge on any atom is 0.0130 e. The summed E-state index contributed by atoms with van der Waals surface area (Å²) in [6.07, 6.45) is 10.4. The minimum Gasteiger partial charge on any atom is -0.314 e. The molecule has 1 fully saturated rings. The Morgan fingerprint density at radius 2 is 2.08 bits per heavy atom. The van der Waals surface area contributed by atoms with E-state index in [1.54, 1.807) is 0 Å². The fourth-order valence-electron chi connectivity index (χ4n) is 2.42. The van der Waals surface area contributed by atoms with Crippen molar-refractivity contribution in [2.45, 2.75) is 51.5 Å². The van der Waals surface area contributed by atoms with Crippen molar-refractivity contribution in [3.63, 3.8) is 0 Å². The molecule has 1 aliphatic rings. The van der Waals surface area contributed by atoms with Crippen LogP contribution in [0.25, 0.3) is 0 Å². The Morgan fingerprint density at radius 3 is 2.62 bits per heavy atom. The Hall–Kier alpha value is -0.300. The van der Waals surface area contributed by atoms with E-state index in [0.29, 0.717) is 6.04 Å². The molecule has 1 aliphatic carbocycles. The quantitative estimate of drug-likeness (QED) is 0.643. The first-order valence-corrected chi connectivity index (χ1v) is 5.72. The van der Waals surface area contributed by atoms with E-state index in [4.69, 9.17) is 0 Å². The first-order valence-electron chi connectivity index (χ1n) is 5.72. The van der Waals surface area contributed by atoms with Gasteiger partial charge in [0.15, 0.2) is 0 Å². The van der Waals surface area contributed by atoms with Gasteiger partial charge in [0.25, 0.3) is 0 Å². The summed E-state index contributed by atoms with van der Waals surface area (Å²) in [6, 6.07) is 0.697. The van der Waals surface area contributed by atoms with E-state index in [1.165, 1.54) is 32.1 Å². The van der Waals surface area contributed by atoms with Gasteiger partial charge in [-0.1, -0.05) is 32.3 Å². The molecule has 1 saturated carbocycles. The molecule has 0 radical (unpaired) electrons. The van der Waals surface area contributed by atoms with Crippen molar-refractivity contribution in [2.75, 3.05) is 6.54 Å². The molecule has 1 N–H and O–H groups in total. The van der Waals surface area contributed by atoms with Gasteiger partial charge in [0.2, 0.25) is 0 Å². The first kappa shape index (κ1) is 10.8. The van der Waals surface area contributed by atoms with Crippen LogP contribution in [0.1, 0.15) is 45.4 Å². The summed E-state index contributed by atoms with van der Waals surface area (Å²) in [6.45, 7) is 7.12. The highest BCUT2D eigenvalue weighted by molar-refractivity contribution is 4.84. The van der Waals surface area contributed by atoms with Crippen molar-refractivity contribution >= 4 is 0 Å². The predicted octanol–water partition coefficient (Wildman–Crippen LogP) is 3.12. The van der Waals surface area contributed by atoms with E-state index in [0.717, 1.165) is 18.9 Å². The number of hydrogen-bond acceptors (Lipinski definition) is 1. The van der Waals surface area contributed by atoms with Crippen LogP contribution in [0, 0.1) is 5.92 Å². The smallest absolute Gasteiger partial charge is 0.0130 e. The second kappa shape index (κ2) is 6.20. The summed E-state index contributed by atoms with van der Waals surface area (Å²) < 4.78 is 0. The first-order chi connectivity index (χ1) is 6.38. The predicted molar refractivity (Wildman–Crippen MR) is 58.9 cm³/mol. The SMILES string of the molecule is C=CCC(NCC)C1CCCCC1. The van der Waals surface area contributed by atoms with Crippen LogP contribution >= 0.6 is 0 Å². The molecule has 0 bridgehead atoms. The van der Waals surface area contributed by atoms with Gasteiger partial charge in [-0.2, -0.15) is 0 Å². The molecule has 0 amide bonds. The van der Waals surface area contributed by atoms with Crippen LogP contribution in [0.4, 0.5) is 0 Å². The third-order valence-corrected chi connectivity index (χ3v) is 3.11. The molecule has 1 atom stereocenters. The molecule has 13 heavy (non-hydrogen) atoms. The number of rotatable bonds is 5. The molecule has 1 nitrogen and oxygen atoms in total. The Morgan fingerprint density at radius 1 is 1.38 bits per heavy atom. The summed E-state index contributed by atoms with van der Waals surface area (Å²) in [7, 11) is 0. The normalized spacial score (nSPS) is 21.3. The zero-order valence-electron chi connectivity index (χ0n) is 8.89. The lowest BCUT2D eigenvalue weighted by molar-refractivity contribution is 0.272. The van der Waals surface area contributed by atoms with Crippen LogP contribution < -0.4 is 5.32 Å². The molecule has 76 valence electrons. The van der Waals surface area contributed by atoms with Crippen LogP contribution in [0.15, 0.2) is 12.7 Å². The second-order valence-corrected chi connectivity index (χ2v) is 4.09. The minimum absolute atomic E-state index is 0.697. The van der Waals surface area contributed by atoms with Crippen molar-refractivity contribution < 1.29 is 0 Å². The highest BCUT2D eigenvalue weighted by Gasteiger charge is 2.21. The van der Waals surface area contributed by atoms with E-state index in [-0.39, 0.29) is 0 Å². The van der Waals surface area contributed by atoms with Gasteiger partial charge in [0.05, 0.1) is 0 Å². The van der Waals surface area contributed by atoms with E-state index in [9.17, 15) is 0 Å². The molecular weight excluding hydrogens is 158 g/mol. The van der Waals surface area contributed by atoms with Crippen molar-refractivity contribution in [1.82, 2.24) is 5.32 Å². The van der Waals surface area contributed by atoms with Crippen molar-refractivity contribution in [3.05, 3.63) is 12.7 Å². The van der Waals surface area contributed by atoms with Gasteiger partial charge < -0.3 is 5.32 Å². The molecule has 0 aromatic heterocycles. The number of nitrogens with one attached hydrogen (secondary N) is 1. The molecule has 0 aromatic rings. The van der Waals surface area contributed by atoms with Crippen LogP contribution in [0.5, 0.6) is 0 Å². The Bertz CT molecular complexity index is 136. The molecule has 1 heteroatoms. The topological polar surface area (TPSA) is 12.0 Å². The standard InChI is InChI=1S/C12H23N/c1-3-8-12(13-4-2)11-9-6-5-7-10-11/h3,11-13H,1,4-10H2,2H3. The minimum atomic E-state index is 0.697. The molecular formula is C12H23N. The average molecular weight is 181 g/mol. The van der Waals surface area contributed by atoms with Crippen molar-refractivity contribution in [3.8, 4) is 0 Å². The van der Waals surface area contributed by atoms with E-state index >= 15 is 0 Å². The van der Waals surface area contributed by atoms with Crippen LogP contribution in [-0.4, -0.2) is 12.6 Å². The van der Waals surface area contributed by atoms with Gasteiger partial charge in [-0.05, 0) is 31.7 Å². The molecule has 0 spiro atoms. The third-order valence-electron chi connectivity index (χ3n) is 3.11. The molecule has 0 aromatic carbocycles. The molecule has 0 aliphatic heterocycles. The van der Waals surface area contributed by atoms with E-state index in [1.807, 2.05) is 0 Å². The molecule has 0 heterocycles. The fraction of sp³-hybridized carbons (Fsp3) is 0.833. The second-order valence-electron chi connectivity index (χ2n) is 4.09. The zero-order valence-corrected chi connectivity index (χ0v) is 8.89. The Balaban J connectivity index is 2.36. The molecule has 0 saturated heterocycles. The van der Waals surface area contributed by atoms with Crippen LogP contribution in [-0.2, 0) is 0 Å². The van der Waals surface area contributed by atoms with Crippen molar-refractivity contribution in [2.24, 2.45) is 5.92 Å². The lowest BCUT2D eigenvalue weighted by atomic mass is 9.82. The lowest BCUT2D eigenvalue weighted by Gasteiger charge is -2.30. The van der Waals surface area contributed by atoms with E-state index < -0.39 is 0 Å². The van der Waals surface area contributed by atoms with Gasteiger partial charge in [-0.25, -0.2) is 0 Å². The summed E-state index contributed by atoms with van der Waals surface area (Å²) >= 11 is 0. The number of hydrogen-bond donors (Lipinski definition) is 1. The summed E-state index contributed by atoms with van der Waals surface area (Å²) in [5.74, 6) is 0.909. The highest BCUT2D eigenvalue weighted by atomic mass is 14.9. The maximum absolute atomic E-state index is 3.84. The summed E-state index contributed by atoms with van der Waals surface area (Å²) in [4.78, 5) is 0. The highest BCUT2D eigenvalue weighted by Crippen LogP contribution is 2.27. The van der Waals surface area contributed by atoms with Crippen LogP contribution in [0.3, 0.4) is 0 Å². The van der Waals surface area contributed by atoms with Gasteiger partial charge in [0.1, 0.15) is 0 Å². The third kappa shape index (κ3) is 3.51. The van der Waals surface area contributed by atoms with E-state index in [2.05, 4.69) is 24.9 Å². The Labute approximate surface area is 82.6 Å². The molecule has 1 rings (SSSR count). The largest absolute Gasteiger partial charge is 0.314 e. The summed E-state index contributed by atoms with van der Waals surface area (Å²) in [5, 5.41) is 3.58. The monoisotopic (exact) mass is 181 g/mol. The van der Waals surface area contributed by atoms with Gasteiger partial charge in [0, 0.05) is 6.04 Å². The van der Waals surface area contributed by atoms with Gasteiger partial charge in [-0.3, -0.25) is 0 Å². The van der Waals surface area contributed by atoms with Crippen LogP contribution in [0.2, 0.25) is 0 Å². The van der Waals surface area contributed by atoms with Gasteiger partial charge >= 0.3 is 0 Å². The fourth-order valence-corrected chi connectivity index (χ4v) is 2.42. The Kier molecular flexibility index (Phi) is 5.14. The zero-order chi connectivity index (χ0) is 9.52. The maximum atomic E-state index is 3.84. The average Bonchev–Trinajstić information content (AvgIpc) is 2.19. The van der Waals surface area contributed by atoms with Crippen molar-refractivity contribution in [1.29, 1.82) is 0 Å². The lowest BCUT2D eigenvalue weighted by Crippen LogP contribution is -2.36. The van der Waals surface area contributed by atoms with Gasteiger partial charge in [-0.15, -0.1) is 6.58 Å². The molecule has 1 unspecified atom stereocenters.